The third-order valence-corrected chi connectivity index (χ3v) is 4.51. The molecule has 0 radical (unpaired) electrons. The zero-order chi connectivity index (χ0) is 19.9. The normalized spacial score (nSPS) is 10.9. The second-order valence-corrected chi connectivity index (χ2v) is 6.94. The van der Waals surface area contributed by atoms with E-state index in [4.69, 9.17) is 4.74 Å². The van der Waals surface area contributed by atoms with Crippen LogP contribution < -0.4 is 4.74 Å². The fourth-order valence-corrected chi connectivity index (χ4v) is 2.94. The number of likely N-dealkylation sites (N-methyl/N-ethyl adjacent to an activating group) is 1. The summed E-state index contributed by atoms with van der Waals surface area (Å²) in [6.45, 7) is 1.44. The van der Waals surface area contributed by atoms with Gasteiger partial charge in [0.2, 0.25) is 0 Å². The van der Waals surface area contributed by atoms with Crippen molar-refractivity contribution in [2.45, 2.75) is 6.42 Å². The van der Waals surface area contributed by atoms with Crippen LogP contribution >= 0.6 is 0 Å². The van der Waals surface area contributed by atoms with Gasteiger partial charge in [0.1, 0.15) is 18.2 Å². The molecule has 0 aromatic heterocycles. The van der Waals surface area contributed by atoms with Crippen LogP contribution in [0, 0.1) is 5.82 Å². The molecule has 3 aromatic rings. The number of ketones is 1. The highest BCUT2D eigenvalue weighted by Crippen LogP contribution is 2.25. The van der Waals surface area contributed by atoms with E-state index in [1.807, 2.05) is 50.5 Å². The van der Waals surface area contributed by atoms with Crippen LogP contribution in [0.15, 0.2) is 72.8 Å². The van der Waals surface area contributed by atoms with E-state index in [1.165, 1.54) is 12.1 Å². The summed E-state index contributed by atoms with van der Waals surface area (Å²) >= 11 is 0. The highest BCUT2D eigenvalue weighted by atomic mass is 19.1. The molecule has 0 atom stereocenters. The smallest absolute Gasteiger partial charge is 0.167 e. The number of halogens is 1. The molecule has 0 N–H and O–H groups in total. The van der Waals surface area contributed by atoms with E-state index in [9.17, 15) is 9.18 Å². The van der Waals surface area contributed by atoms with Crippen molar-refractivity contribution >= 4 is 5.78 Å². The average Bonchev–Trinajstić information content (AvgIpc) is 2.69. The minimum Gasteiger partial charge on any atom is -0.492 e. The first kappa shape index (κ1) is 19.8. The molecule has 0 aliphatic rings. The molecule has 0 fully saturated rings. The van der Waals surface area contributed by atoms with E-state index < -0.39 is 0 Å². The first-order valence-electron chi connectivity index (χ1n) is 9.27. The van der Waals surface area contributed by atoms with Gasteiger partial charge in [0.25, 0.3) is 0 Å². The summed E-state index contributed by atoms with van der Waals surface area (Å²) in [5.74, 6) is 0.518. The predicted molar refractivity (Wildman–Crippen MR) is 110 cm³/mol. The van der Waals surface area contributed by atoms with Gasteiger partial charge in [-0.25, -0.2) is 4.39 Å². The van der Waals surface area contributed by atoms with Gasteiger partial charge in [-0.05, 0) is 67.2 Å². The van der Waals surface area contributed by atoms with Crippen molar-refractivity contribution in [3.63, 3.8) is 0 Å². The molecule has 0 spiro atoms. The fraction of sp³-hybridized carbons (Fsp3) is 0.208. The van der Waals surface area contributed by atoms with Gasteiger partial charge in [-0.3, -0.25) is 4.79 Å². The Kier molecular flexibility index (Phi) is 6.56. The first-order chi connectivity index (χ1) is 13.5. The van der Waals surface area contributed by atoms with Crippen molar-refractivity contribution in [3.8, 4) is 16.9 Å². The summed E-state index contributed by atoms with van der Waals surface area (Å²) in [7, 11) is 3.99. The van der Waals surface area contributed by atoms with Crippen LogP contribution in [0.4, 0.5) is 4.39 Å². The molecule has 0 unspecified atom stereocenters. The van der Waals surface area contributed by atoms with E-state index >= 15 is 0 Å². The van der Waals surface area contributed by atoms with Crippen LogP contribution in [0.2, 0.25) is 0 Å². The van der Waals surface area contributed by atoms with Gasteiger partial charge in [0.15, 0.2) is 5.78 Å². The number of hydrogen-bond acceptors (Lipinski definition) is 3. The lowest BCUT2D eigenvalue weighted by molar-refractivity contribution is 0.0993. The monoisotopic (exact) mass is 377 g/mol. The van der Waals surface area contributed by atoms with E-state index in [2.05, 4.69) is 4.90 Å². The quantitative estimate of drug-likeness (QED) is 0.525. The number of hydrogen-bond donors (Lipinski definition) is 0. The molecule has 144 valence electrons. The molecule has 0 aliphatic heterocycles. The molecule has 3 aromatic carbocycles. The predicted octanol–water partition coefficient (Wildman–Crippen LogP) is 4.86. The van der Waals surface area contributed by atoms with Crippen molar-refractivity contribution in [2.24, 2.45) is 0 Å². The molecule has 0 bridgehead atoms. The number of benzene rings is 3. The second kappa shape index (κ2) is 9.29. The largest absolute Gasteiger partial charge is 0.492 e. The third kappa shape index (κ3) is 5.27. The molecule has 0 heterocycles. The van der Waals surface area contributed by atoms with Crippen molar-refractivity contribution in [3.05, 3.63) is 89.7 Å². The van der Waals surface area contributed by atoms with Crippen LogP contribution in [0.5, 0.6) is 5.75 Å². The molecule has 28 heavy (non-hydrogen) atoms. The van der Waals surface area contributed by atoms with E-state index in [1.54, 1.807) is 24.3 Å². The van der Waals surface area contributed by atoms with Crippen molar-refractivity contribution < 1.29 is 13.9 Å². The number of rotatable bonds is 8. The number of nitrogens with zero attached hydrogens (tertiary/aromatic N) is 1. The Labute approximate surface area is 165 Å². The van der Waals surface area contributed by atoms with Crippen molar-refractivity contribution in [2.75, 3.05) is 27.2 Å². The van der Waals surface area contributed by atoms with Gasteiger partial charge in [0, 0.05) is 18.5 Å². The number of Topliss-reactive ketones (excluding diaryl/α,β-unsaturated/α-hetero) is 1. The molecule has 3 nitrogen and oxygen atoms in total. The molecule has 4 heteroatoms. The Morgan fingerprint density at radius 3 is 2.29 bits per heavy atom. The Bertz CT molecular complexity index is 918. The maximum atomic E-state index is 13.2. The molecule has 0 aliphatic carbocycles. The van der Waals surface area contributed by atoms with Gasteiger partial charge >= 0.3 is 0 Å². The summed E-state index contributed by atoms with van der Waals surface area (Å²) in [4.78, 5) is 14.8. The second-order valence-electron chi connectivity index (χ2n) is 6.94. The maximum absolute atomic E-state index is 13.2. The Balaban J connectivity index is 1.70. The average molecular weight is 377 g/mol. The van der Waals surface area contributed by atoms with Gasteiger partial charge in [0.05, 0.1) is 0 Å². The van der Waals surface area contributed by atoms with Crippen LogP contribution in [0.1, 0.15) is 15.9 Å². The Morgan fingerprint density at radius 2 is 1.61 bits per heavy atom. The van der Waals surface area contributed by atoms with E-state index in [0.717, 1.165) is 29.0 Å². The summed E-state index contributed by atoms with van der Waals surface area (Å²) in [6, 6.07) is 21.3. The van der Waals surface area contributed by atoms with Crippen molar-refractivity contribution in [1.82, 2.24) is 4.90 Å². The molecular weight excluding hydrogens is 353 g/mol. The Morgan fingerprint density at radius 1 is 0.929 bits per heavy atom. The van der Waals surface area contributed by atoms with Gasteiger partial charge in [-0.1, -0.05) is 36.4 Å². The molecule has 0 saturated carbocycles. The molecular formula is C24H24FNO2. The molecule has 0 amide bonds. The number of carbonyl (C=O) groups is 1. The van der Waals surface area contributed by atoms with Gasteiger partial charge in [-0.2, -0.15) is 0 Å². The maximum Gasteiger partial charge on any atom is 0.167 e. The van der Waals surface area contributed by atoms with Gasteiger partial charge in [-0.15, -0.1) is 0 Å². The van der Waals surface area contributed by atoms with Crippen LogP contribution in [0.3, 0.4) is 0 Å². The summed E-state index contributed by atoms with van der Waals surface area (Å²) in [6.07, 6.45) is 0.286. The zero-order valence-corrected chi connectivity index (χ0v) is 16.2. The highest BCUT2D eigenvalue weighted by Gasteiger charge is 2.12. The van der Waals surface area contributed by atoms with Gasteiger partial charge < -0.3 is 9.64 Å². The lowest BCUT2D eigenvalue weighted by Crippen LogP contribution is -2.19. The van der Waals surface area contributed by atoms with Crippen LogP contribution in [-0.2, 0) is 6.42 Å². The standard InChI is InChI=1S/C24H24FNO2/c1-26(2)15-16-28-22-13-9-19(10-14-22)24(27)17-20-5-3-4-6-23(20)18-7-11-21(25)12-8-18/h3-14H,15-17H2,1-2H3. The SMILES string of the molecule is CN(C)CCOc1ccc(C(=O)Cc2ccccc2-c2ccc(F)cc2)cc1. The fourth-order valence-electron chi connectivity index (χ4n) is 2.94. The van der Waals surface area contributed by atoms with Crippen LogP contribution in [-0.4, -0.2) is 37.9 Å². The third-order valence-electron chi connectivity index (χ3n) is 4.51. The number of carbonyl (C=O) groups excluding carboxylic acids is 1. The van der Waals surface area contributed by atoms with E-state index in [0.29, 0.717) is 12.2 Å². The Hall–Kier alpha value is -2.98. The summed E-state index contributed by atoms with van der Waals surface area (Å²) in [5.41, 5.74) is 3.41. The van der Waals surface area contributed by atoms with Crippen molar-refractivity contribution in [1.29, 1.82) is 0 Å². The lowest BCUT2D eigenvalue weighted by Gasteiger charge is -2.12. The van der Waals surface area contributed by atoms with E-state index in [-0.39, 0.29) is 18.0 Å². The molecule has 3 rings (SSSR count). The summed E-state index contributed by atoms with van der Waals surface area (Å²) in [5, 5.41) is 0. The molecule has 0 saturated heterocycles. The topological polar surface area (TPSA) is 29.5 Å². The number of ether oxygens (including phenoxy) is 1. The highest BCUT2D eigenvalue weighted by molar-refractivity contribution is 5.98. The minimum absolute atomic E-state index is 0.0365. The first-order valence-corrected chi connectivity index (χ1v) is 9.27. The zero-order valence-electron chi connectivity index (χ0n) is 16.2. The lowest BCUT2D eigenvalue weighted by atomic mass is 9.94. The van der Waals surface area contributed by atoms with Crippen LogP contribution in [0.25, 0.3) is 11.1 Å². The summed E-state index contributed by atoms with van der Waals surface area (Å²) < 4.78 is 18.9. The minimum atomic E-state index is -0.273.